The normalized spacial score (nSPS) is 20.3. The van der Waals surface area contributed by atoms with Crippen molar-refractivity contribution in [2.45, 2.75) is 85.5 Å². The highest BCUT2D eigenvalue weighted by Crippen LogP contribution is 2.21. The zero-order chi connectivity index (χ0) is 28.2. The second kappa shape index (κ2) is 16.6. The number of carbonyl (C=O) groups excluding carboxylic acids is 1. The topological polar surface area (TPSA) is 57.7 Å². The molecule has 8 heteroatoms. The summed E-state index contributed by atoms with van der Waals surface area (Å²) in [4.78, 5) is 21.8. The first-order valence-corrected chi connectivity index (χ1v) is 15.1. The fourth-order valence-corrected chi connectivity index (χ4v) is 4.94. The molecule has 2 aliphatic heterocycles. The van der Waals surface area contributed by atoms with Gasteiger partial charge in [0.1, 0.15) is 6.61 Å². The van der Waals surface area contributed by atoms with E-state index in [1.54, 1.807) is 0 Å². The van der Waals surface area contributed by atoms with E-state index in [2.05, 4.69) is 61.1 Å². The SMILES string of the molecule is CC(C)C(=O)COCCN1CCN(C(C)CCC(C)(C)OCCN2CCN(CCOC(C)(C)C)CC2)CC1. The zero-order valence-electron chi connectivity index (χ0n) is 26.1. The van der Waals surface area contributed by atoms with E-state index in [4.69, 9.17) is 14.2 Å². The molecule has 0 spiro atoms. The van der Waals surface area contributed by atoms with Crippen molar-refractivity contribution in [3.63, 3.8) is 0 Å². The van der Waals surface area contributed by atoms with Crippen LogP contribution in [0.25, 0.3) is 0 Å². The number of rotatable bonds is 17. The fourth-order valence-electron chi connectivity index (χ4n) is 4.94. The Morgan fingerprint density at radius 2 is 1.18 bits per heavy atom. The average Bonchev–Trinajstić information content (AvgIpc) is 2.85. The molecule has 224 valence electrons. The molecule has 0 aromatic carbocycles. The van der Waals surface area contributed by atoms with Crippen LogP contribution >= 0.6 is 0 Å². The summed E-state index contributed by atoms with van der Waals surface area (Å²) >= 11 is 0. The molecule has 0 saturated carbocycles. The molecular weight excluding hydrogens is 480 g/mol. The van der Waals surface area contributed by atoms with Crippen molar-refractivity contribution in [2.75, 3.05) is 98.4 Å². The summed E-state index contributed by atoms with van der Waals surface area (Å²) in [6.07, 6.45) is 2.23. The van der Waals surface area contributed by atoms with Crippen LogP contribution in [-0.2, 0) is 19.0 Å². The molecule has 38 heavy (non-hydrogen) atoms. The maximum absolute atomic E-state index is 11.7. The van der Waals surface area contributed by atoms with Gasteiger partial charge in [-0.05, 0) is 54.4 Å². The van der Waals surface area contributed by atoms with Crippen molar-refractivity contribution in [2.24, 2.45) is 5.92 Å². The number of hydrogen-bond donors (Lipinski definition) is 0. The van der Waals surface area contributed by atoms with Crippen molar-refractivity contribution in [3.8, 4) is 0 Å². The summed E-state index contributed by atoms with van der Waals surface area (Å²) in [7, 11) is 0. The van der Waals surface area contributed by atoms with Gasteiger partial charge in [0, 0.05) is 84.0 Å². The predicted molar refractivity (Wildman–Crippen MR) is 156 cm³/mol. The Bertz CT molecular complexity index is 651. The van der Waals surface area contributed by atoms with E-state index in [0.29, 0.717) is 12.6 Å². The van der Waals surface area contributed by atoms with Crippen LogP contribution in [0.4, 0.5) is 0 Å². The van der Waals surface area contributed by atoms with Gasteiger partial charge in [-0.15, -0.1) is 0 Å². The molecule has 0 N–H and O–H groups in total. The largest absolute Gasteiger partial charge is 0.375 e. The van der Waals surface area contributed by atoms with Crippen LogP contribution in [0.5, 0.6) is 0 Å². The second-order valence-corrected chi connectivity index (χ2v) is 13.2. The monoisotopic (exact) mass is 540 g/mol. The highest BCUT2D eigenvalue weighted by molar-refractivity contribution is 5.81. The Kier molecular flexibility index (Phi) is 14.7. The van der Waals surface area contributed by atoms with E-state index in [-0.39, 0.29) is 29.5 Å². The third kappa shape index (κ3) is 14.1. The van der Waals surface area contributed by atoms with Gasteiger partial charge in [-0.2, -0.15) is 0 Å². The lowest BCUT2D eigenvalue weighted by Gasteiger charge is -2.39. The van der Waals surface area contributed by atoms with Crippen molar-refractivity contribution < 1.29 is 19.0 Å². The third-order valence-corrected chi connectivity index (χ3v) is 7.94. The first-order valence-electron chi connectivity index (χ1n) is 15.1. The van der Waals surface area contributed by atoms with E-state index in [9.17, 15) is 4.79 Å². The van der Waals surface area contributed by atoms with Gasteiger partial charge in [-0.25, -0.2) is 0 Å². The summed E-state index contributed by atoms with van der Waals surface area (Å²) < 4.78 is 17.8. The third-order valence-electron chi connectivity index (χ3n) is 7.94. The van der Waals surface area contributed by atoms with Crippen LogP contribution in [0.2, 0.25) is 0 Å². The minimum atomic E-state index is -0.0903. The Labute approximate surface area is 234 Å². The van der Waals surface area contributed by atoms with Gasteiger partial charge in [0.2, 0.25) is 0 Å². The quantitative estimate of drug-likeness (QED) is 0.261. The van der Waals surface area contributed by atoms with Gasteiger partial charge in [0.25, 0.3) is 0 Å². The molecular formula is C30H60N4O4. The molecule has 0 radical (unpaired) electrons. The van der Waals surface area contributed by atoms with E-state index < -0.39 is 0 Å². The molecule has 0 aromatic heterocycles. The van der Waals surface area contributed by atoms with Crippen LogP contribution in [0.3, 0.4) is 0 Å². The first kappa shape index (κ1) is 33.6. The summed E-state index contributed by atoms with van der Waals surface area (Å²) in [6, 6.07) is 0.565. The van der Waals surface area contributed by atoms with E-state index >= 15 is 0 Å². The molecule has 2 heterocycles. The summed E-state index contributed by atoms with van der Waals surface area (Å²) in [5.74, 6) is 0.243. The Morgan fingerprint density at radius 3 is 1.68 bits per heavy atom. The van der Waals surface area contributed by atoms with E-state index in [1.807, 2.05) is 13.8 Å². The Hall–Kier alpha value is -0.610. The first-order chi connectivity index (χ1) is 17.8. The summed E-state index contributed by atoms with van der Waals surface area (Å²) in [5.41, 5.74) is -0.141. The number of piperazine rings is 2. The van der Waals surface area contributed by atoms with Crippen LogP contribution < -0.4 is 0 Å². The maximum Gasteiger partial charge on any atom is 0.160 e. The zero-order valence-corrected chi connectivity index (χ0v) is 26.1. The van der Waals surface area contributed by atoms with Gasteiger partial charge in [0.15, 0.2) is 5.78 Å². The molecule has 2 rings (SSSR count). The van der Waals surface area contributed by atoms with Crippen molar-refractivity contribution in [1.29, 1.82) is 0 Å². The molecule has 2 fully saturated rings. The number of nitrogens with zero attached hydrogens (tertiary/aromatic N) is 4. The van der Waals surface area contributed by atoms with Crippen molar-refractivity contribution in [3.05, 3.63) is 0 Å². The van der Waals surface area contributed by atoms with Gasteiger partial charge in [-0.1, -0.05) is 13.8 Å². The van der Waals surface area contributed by atoms with Crippen LogP contribution in [0, 0.1) is 5.92 Å². The van der Waals surface area contributed by atoms with Gasteiger partial charge < -0.3 is 14.2 Å². The lowest BCUT2D eigenvalue weighted by atomic mass is 9.98. The van der Waals surface area contributed by atoms with Crippen LogP contribution in [0.1, 0.15) is 68.2 Å². The van der Waals surface area contributed by atoms with Crippen molar-refractivity contribution in [1.82, 2.24) is 19.6 Å². The number of carbonyl (C=O) groups is 1. The van der Waals surface area contributed by atoms with Crippen LogP contribution in [-0.4, -0.2) is 141 Å². The molecule has 2 saturated heterocycles. The Morgan fingerprint density at radius 1 is 0.711 bits per heavy atom. The van der Waals surface area contributed by atoms with Crippen LogP contribution in [0.15, 0.2) is 0 Å². The number of ketones is 1. The number of ether oxygens (including phenoxy) is 3. The minimum absolute atomic E-state index is 0.0502. The molecule has 0 aliphatic carbocycles. The average molecular weight is 541 g/mol. The highest BCUT2D eigenvalue weighted by Gasteiger charge is 2.25. The summed E-state index contributed by atoms with van der Waals surface area (Å²) in [6.45, 7) is 31.3. The highest BCUT2D eigenvalue weighted by atomic mass is 16.5. The molecule has 1 unspecified atom stereocenters. The van der Waals surface area contributed by atoms with Crippen molar-refractivity contribution >= 4 is 5.78 Å². The number of hydrogen-bond acceptors (Lipinski definition) is 8. The van der Waals surface area contributed by atoms with Gasteiger partial charge in [-0.3, -0.25) is 24.4 Å². The maximum atomic E-state index is 11.7. The smallest absolute Gasteiger partial charge is 0.160 e. The van der Waals surface area contributed by atoms with Gasteiger partial charge in [0.05, 0.1) is 31.0 Å². The fraction of sp³-hybridized carbons (Fsp3) is 0.967. The molecule has 1 atom stereocenters. The number of Topliss-reactive ketones (excluding diaryl/α,β-unsaturated/α-hetero) is 1. The second-order valence-electron chi connectivity index (χ2n) is 13.2. The molecule has 8 nitrogen and oxygen atoms in total. The Balaban J connectivity index is 1.53. The molecule has 0 aromatic rings. The lowest BCUT2D eigenvalue weighted by Crippen LogP contribution is -2.50. The minimum Gasteiger partial charge on any atom is -0.375 e. The lowest BCUT2D eigenvalue weighted by molar-refractivity contribution is -0.126. The standard InChI is InChI=1S/C30H60N4O4/c1-26(2)28(35)25-36-22-19-33-15-17-34(18-16-33)27(3)9-10-30(7,8)38-24-21-32-13-11-31(12-14-32)20-23-37-29(4,5)6/h26-27H,9-25H2,1-8H3. The predicted octanol–water partition coefficient (Wildman–Crippen LogP) is 3.24. The molecule has 2 aliphatic rings. The summed E-state index contributed by atoms with van der Waals surface area (Å²) in [5, 5.41) is 0. The van der Waals surface area contributed by atoms with E-state index in [1.165, 1.54) is 0 Å². The van der Waals surface area contributed by atoms with E-state index in [0.717, 1.165) is 98.0 Å². The molecule has 0 bridgehead atoms. The van der Waals surface area contributed by atoms with Gasteiger partial charge >= 0.3 is 0 Å². The molecule has 0 amide bonds.